The van der Waals surface area contributed by atoms with Crippen LogP contribution in [0.2, 0.25) is 0 Å². The van der Waals surface area contributed by atoms with Gasteiger partial charge in [0.1, 0.15) is 5.82 Å². The number of rotatable bonds is 1. The van der Waals surface area contributed by atoms with Crippen LogP contribution in [0.25, 0.3) is 0 Å². The molecule has 3 nitrogen and oxygen atoms in total. The van der Waals surface area contributed by atoms with Gasteiger partial charge in [-0.15, -0.1) is 0 Å². The first-order chi connectivity index (χ1) is 10.1. The molecule has 1 aliphatic heterocycles. The first-order valence-electron chi connectivity index (χ1n) is 7.02. The second kappa shape index (κ2) is 5.20. The third-order valence-corrected chi connectivity index (χ3v) is 3.82. The number of aryl methyl sites for hydroxylation is 2. The molecule has 4 heteroatoms. The highest BCUT2D eigenvalue weighted by Crippen LogP contribution is 2.30. The molecule has 1 aliphatic rings. The van der Waals surface area contributed by atoms with Crippen LogP contribution in [-0.2, 0) is 6.42 Å². The summed E-state index contributed by atoms with van der Waals surface area (Å²) in [6.07, 6.45) is 1.83. The minimum absolute atomic E-state index is 0.0309. The van der Waals surface area contributed by atoms with E-state index in [0.29, 0.717) is 12.2 Å². The molecule has 0 aromatic heterocycles. The van der Waals surface area contributed by atoms with Gasteiger partial charge in [-0.05, 0) is 49.6 Å². The van der Waals surface area contributed by atoms with E-state index in [1.807, 2.05) is 19.1 Å². The first-order valence-corrected chi connectivity index (χ1v) is 7.02. The van der Waals surface area contributed by atoms with Crippen molar-refractivity contribution >= 4 is 17.3 Å². The van der Waals surface area contributed by atoms with Gasteiger partial charge >= 0.3 is 0 Å². The van der Waals surface area contributed by atoms with Crippen molar-refractivity contribution in [2.45, 2.75) is 19.8 Å². The number of hydrogen-bond acceptors (Lipinski definition) is 2. The predicted octanol–water partition coefficient (Wildman–Crippen LogP) is 3.31. The molecule has 0 radical (unpaired) electrons. The molecule has 0 atom stereocenters. The Bertz CT molecular complexity index is 712. The van der Waals surface area contributed by atoms with Gasteiger partial charge in [0.15, 0.2) is 0 Å². The largest absolute Gasteiger partial charge is 0.399 e. The van der Waals surface area contributed by atoms with Crippen LogP contribution in [0, 0.1) is 12.7 Å². The van der Waals surface area contributed by atoms with Crippen molar-refractivity contribution in [3.8, 4) is 0 Å². The number of nitrogen functional groups attached to an aromatic ring is 1. The fourth-order valence-electron chi connectivity index (χ4n) is 2.79. The van der Waals surface area contributed by atoms with E-state index < -0.39 is 5.82 Å². The third-order valence-electron chi connectivity index (χ3n) is 3.82. The summed E-state index contributed by atoms with van der Waals surface area (Å²) in [4.78, 5) is 14.3. The molecule has 0 aliphatic carbocycles. The standard InChI is InChI=1S/C17H17FN2O/c1-11-4-7-16-12(9-11)3-2-8-20(16)17(21)14-10-13(19)5-6-15(14)18/h4-7,9-10H,2-3,8,19H2,1H3. The molecule has 1 heterocycles. The Labute approximate surface area is 123 Å². The molecule has 21 heavy (non-hydrogen) atoms. The fraction of sp³-hybridized carbons (Fsp3) is 0.235. The third kappa shape index (κ3) is 2.49. The Hall–Kier alpha value is -2.36. The maximum Gasteiger partial charge on any atom is 0.261 e. The van der Waals surface area contributed by atoms with Crippen molar-refractivity contribution < 1.29 is 9.18 Å². The zero-order valence-electron chi connectivity index (χ0n) is 11.9. The zero-order chi connectivity index (χ0) is 15.0. The van der Waals surface area contributed by atoms with Crippen LogP contribution >= 0.6 is 0 Å². The lowest BCUT2D eigenvalue weighted by Gasteiger charge is -2.30. The summed E-state index contributed by atoms with van der Waals surface area (Å²) in [7, 11) is 0. The van der Waals surface area contributed by atoms with Gasteiger partial charge in [0.2, 0.25) is 0 Å². The van der Waals surface area contributed by atoms with E-state index in [-0.39, 0.29) is 11.5 Å². The highest BCUT2D eigenvalue weighted by Gasteiger charge is 2.25. The number of anilines is 2. The number of nitrogens with two attached hydrogens (primary N) is 1. The normalized spacial score (nSPS) is 13.9. The molecule has 108 valence electrons. The molecule has 0 fully saturated rings. The first kappa shape index (κ1) is 13.6. The molecule has 2 N–H and O–H groups in total. The van der Waals surface area contributed by atoms with Gasteiger partial charge in [0.25, 0.3) is 5.91 Å². The number of hydrogen-bond donors (Lipinski definition) is 1. The highest BCUT2D eigenvalue weighted by atomic mass is 19.1. The number of nitrogens with zero attached hydrogens (tertiary/aromatic N) is 1. The van der Waals surface area contributed by atoms with E-state index in [2.05, 4.69) is 6.07 Å². The summed E-state index contributed by atoms with van der Waals surface area (Å²) >= 11 is 0. The maximum absolute atomic E-state index is 13.9. The van der Waals surface area contributed by atoms with Crippen LogP contribution in [0.5, 0.6) is 0 Å². The average Bonchev–Trinajstić information content (AvgIpc) is 2.48. The van der Waals surface area contributed by atoms with E-state index >= 15 is 0 Å². The second-order valence-electron chi connectivity index (χ2n) is 5.43. The number of amides is 1. The van der Waals surface area contributed by atoms with Gasteiger partial charge in [-0.25, -0.2) is 4.39 Å². The van der Waals surface area contributed by atoms with Gasteiger partial charge in [-0.1, -0.05) is 17.7 Å². The Balaban J connectivity index is 2.02. The van der Waals surface area contributed by atoms with Crippen molar-refractivity contribution in [1.29, 1.82) is 0 Å². The van der Waals surface area contributed by atoms with Crippen LogP contribution in [0.15, 0.2) is 36.4 Å². The second-order valence-corrected chi connectivity index (χ2v) is 5.43. The topological polar surface area (TPSA) is 46.3 Å². The zero-order valence-corrected chi connectivity index (χ0v) is 11.9. The molecule has 0 saturated carbocycles. The van der Waals surface area contributed by atoms with E-state index in [1.165, 1.54) is 18.2 Å². The van der Waals surface area contributed by atoms with E-state index in [9.17, 15) is 9.18 Å². The summed E-state index contributed by atoms with van der Waals surface area (Å²) in [5, 5.41) is 0. The predicted molar refractivity (Wildman–Crippen MR) is 82.0 cm³/mol. The highest BCUT2D eigenvalue weighted by molar-refractivity contribution is 6.07. The summed E-state index contributed by atoms with van der Waals surface area (Å²) in [5.74, 6) is -0.863. The summed E-state index contributed by atoms with van der Waals surface area (Å²) in [5.41, 5.74) is 9.27. The van der Waals surface area contributed by atoms with Gasteiger partial charge < -0.3 is 10.6 Å². The lowest BCUT2D eigenvalue weighted by Crippen LogP contribution is -2.36. The SMILES string of the molecule is Cc1ccc2c(c1)CCCN2C(=O)c1cc(N)ccc1F. The van der Waals surface area contributed by atoms with Gasteiger partial charge in [0.05, 0.1) is 5.56 Å². The monoisotopic (exact) mass is 284 g/mol. The minimum atomic E-state index is -0.534. The van der Waals surface area contributed by atoms with E-state index in [1.54, 1.807) is 4.90 Å². The van der Waals surface area contributed by atoms with Crippen molar-refractivity contribution in [2.24, 2.45) is 0 Å². The van der Waals surface area contributed by atoms with Crippen molar-refractivity contribution in [2.75, 3.05) is 17.2 Å². The van der Waals surface area contributed by atoms with Crippen LogP contribution < -0.4 is 10.6 Å². The molecular weight excluding hydrogens is 267 g/mol. The van der Waals surface area contributed by atoms with Gasteiger partial charge in [0, 0.05) is 17.9 Å². The van der Waals surface area contributed by atoms with Crippen LogP contribution in [-0.4, -0.2) is 12.5 Å². The smallest absolute Gasteiger partial charge is 0.261 e. The lowest BCUT2D eigenvalue weighted by atomic mass is 9.98. The number of halogens is 1. The number of benzene rings is 2. The average molecular weight is 284 g/mol. The Kier molecular flexibility index (Phi) is 3.37. The van der Waals surface area contributed by atoms with Crippen molar-refractivity contribution in [1.82, 2.24) is 0 Å². The van der Waals surface area contributed by atoms with E-state index in [0.717, 1.165) is 29.7 Å². The fourth-order valence-corrected chi connectivity index (χ4v) is 2.79. The molecule has 3 rings (SSSR count). The summed E-state index contributed by atoms with van der Waals surface area (Å²) in [6, 6.07) is 10.1. The molecule has 0 bridgehead atoms. The van der Waals surface area contributed by atoms with Crippen molar-refractivity contribution in [3.05, 3.63) is 58.9 Å². The molecule has 0 unspecified atom stereocenters. The molecule has 2 aromatic carbocycles. The molecule has 1 amide bonds. The molecule has 0 spiro atoms. The van der Waals surface area contributed by atoms with Crippen LogP contribution in [0.1, 0.15) is 27.9 Å². The van der Waals surface area contributed by atoms with E-state index in [4.69, 9.17) is 5.73 Å². The van der Waals surface area contributed by atoms with Crippen molar-refractivity contribution in [3.63, 3.8) is 0 Å². The maximum atomic E-state index is 13.9. The summed E-state index contributed by atoms with van der Waals surface area (Å²) in [6.45, 7) is 2.63. The number of carbonyl (C=O) groups is 1. The quantitative estimate of drug-likeness (QED) is 0.817. The Morgan fingerprint density at radius 3 is 2.86 bits per heavy atom. The minimum Gasteiger partial charge on any atom is -0.399 e. The van der Waals surface area contributed by atoms with Crippen LogP contribution in [0.3, 0.4) is 0 Å². The van der Waals surface area contributed by atoms with Crippen LogP contribution in [0.4, 0.5) is 15.8 Å². The Morgan fingerprint density at radius 1 is 1.24 bits per heavy atom. The molecule has 0 saturated heterocycles. The molecule has 2 aromatic rings. The summed E-state index contributed by atoms with van der Waals surface area (Å²) < 4.78 is 13.9. The number of fused-ring (bicyclic) bond motifs is 1. The number of carbonyl (C=O) groups excluding carboxylic acids is 1. The van der Waals surface area contributed by atoms with Gasteiger partial charge in [-0.2, -0.15) is 0 Å². The lowest BCUT2D eigenvalue weighted by molar-refractivity contribution is 0.0981. The molecular formula is C17H17FN2O. The van der Waals surface area contributed by atoms with Gasteiger partial charge in [-0.3, -0.25) is 4.79 Å². The Morgan fingerprint density at radius 2 is 2.05 bits per heavy atom.